The number of aromatic nitrogens is 2. The van der Waals surface area contributed by atoms with Crippen LogP contribution < -0.4 is 11.1 Å². The quantitative estimate of drug-likeness (QED) is 0.765. The average molecular weight is 411 g/mol. The maximum atomic E-state index is 12.9. The van der Waals surface area contributed by atoms with E-state index in [-0.39, 0.29) is 29.7 Å². The Morgan fingerprint density at radius 1 is 1.25 bits per heavy atom. The number of carbonyl (C=O) groups is 2. The Hall–Kier alpha value is -2.29. The average Bonchev–Trinajstić information content (AvgIpc) is 3.19. The van der Waals surface area contributed by atoms with Gasteiger partial charge in [0.2, 0.25) is 5.91 Å². The van der Waals surface area contributed by atoms with Crippen LogP contribution in [0.5, 0.6) is 0 Å². The summed E-state index contributed by atoms with van der Waals surface area (Å²) in [6, 6.07) is -2.33. The normalized spacial score (nSPS) is 24.1. The number of thioether (sulfide) groups is 1. The summed E-state index contributed by atoms with van der Waals surface area (Å²) in [5.41, 5.74) is 1.51. The third-order valence-corrected chi connectivity index (χ3v) is 6.39. The van der Waals surface area contributed by atoms with Crippen molar-refractivity contribution in [2.75, 3.05) is 12.2 Å². The molecule has 1 N–H and O–H groups in total. The third-order valence-electron chi connectivity index (χ3n) is 5.17. The first-order valence-corrected chi connectivity index (χ1v) is 10.1. The fourth-order valence-electron chi connectivity index (χ4n) is 3.36. The fraction of sp³-hybridized carbons (Fsp3) is 0.579. The lowest BCUT2D eigenvalue weighted by molar-refractivity contribution is -0.149. The molecule has 0 bridgehead atoms. The number of hydrogen-bond acceptors (Lipinski definition) is 5. The Morgan fingerprint density at radius 2 is 1.89 bits per heavy atom. The van der Waals surface area contributed by atoms with Crippen LogP contribution in [-0.2, 0) is 15.3 Å². The summed E-state index contributed by atoms with van der Waals surface area (Å²) in [6.45, 7) is 4.41. The van der Waals surface area contributed by atoms with Gasteiger partial charge in [-0.25, -0.2) is 4.79 Å². The van der Waals surface area contributed by atoms with E-state index in [9.17, 15) is 24.3 Å². The molecule has 1 aliphatic rings. The molecule has 0 radical (unpaired) electrons. The van der Waals surface area contributed by atoms with Crippen molar-refractivity contribution in [2.24, 2.45) is 5.92 Å². The summed E-state index contributed by atoms with van der Waals surface area (Å²) >= 11 is 1.32. The standard InChI is InChI=1S/C19H25N3O5S/c1-10(16(23)20-7-5-6-14(20)19(26)27)8-28-9-15-12(3)18(25)22-17(24)11(2)13(4)21(15)22/h10,14H,5-9H2,1-4H3,(H,26,27)/t10-,14+/m1/s1/i7D2,14D. The van der Waals surface area contributed by atoms with Gasteiger partial charge in [0.1, 0.15) is 6.02 Å². The lowest BCUT2D eigenvalue weighted by Crippen LogP contribution is -2.43. The Morgan fingerprint density at radius 3 is 2.54 bits per heavy atom. The van der Waals surface area contributed by atoms with Gasteiger partial charge in [-0.1, -0.05) is 6.92 Å². The zero-order valence-electron chi connectivity index (χ0n) is 19.2. The van der Waals surface area contributed by atoms with Crippen LogP contribution in [0.25, 0.3) is 0 Å². The number of aryl methyl sites for hydroxylation is 1. The third kappa shape index (κ3) is 3.21. The molecule has 3 rings (SSSR count). The van der Waals surface area contributed by atoms with Crippen molar-refractivity contribution in [3.63, 3.8) is 0 Å². The highest BCUT2D eigenvalue weighted by Crippen LogP contribution is 2.23. The number of likely N-dealkylation sites (tertiary alicyclic amines) is 1. The smallest absolute Gasteiger partial charge is 0.326 e. The van der Waals surface area contributed by atoms with E-state index in [0.29, 0.717) is 33.2 Å². The molecule has 0 aromatic carbocycles. The van der Waals surface area contributed by atoms with Crippen LogP contribution in [0.15, 0.2) is 9.59 Å². The number of carboxylic acid groups (broad SMARTS) is 1. The Kier molecular flexibility index (Phi) is 4.53. The summed E-state index contributed by atoms with van der Waals surface area (Å²) in [5, 5.41) is 9.40. The SMILES string of the molecule is [2H]C1([2H])CC[C@@]([2H])(C(=O)O)N1C(=O)[C@H](C)CSCc1c(C)c(=O)n2c(=O)c(C)c(C)n12. The molecule has 2 aromatic heterocycles. The van der Waals surface area contributed by atoms with Crippen LogP contribution in [0, 0.1) is 26.7 Å². The highest BCUT2D eigenvalue weighted by molar-refractivity contribution is 7.98. The molecule has 2 aromatic rings. The molecule has 0 saturated carbocycles. The molecule has 0 unspecified atom stereocenters. The first kappa shape index (κ1) is 16.6. The van der Waals surface area contributed by atoms with Crippen LogP contribution in [0.3, 0.4) is 0 Å². The van der Waals surface area contributed by atoms with Crippen molar-refractivity contribution in [3.05, 3.63) is 43.2 Å². The van der Waals surface area contributed by atoms with E-state index in [0.717, 1.165) is 4.52 Å². The van der Waals surface area contributed by atoms with Crippen LogP contribution in [-0.4, -0.2) is 49.2 Å². The van der Waals surface area contributed by atoms with Crippen LogP contribution in [0.4, 0.5) is 0 Å². The molecule has 8 nitrogen and oxygen atoms in total. The van der Waals surface area contributed by atoms with Gasteiger partial charge in [-0.3, -0.25) is 18.9 Å². The zero-order valence-corrected chi connectivity index (χ0v) is 17.1. The predicted octanol–water partition coefficient (Wildman–Crippen LogP) is 1.07. The molecule has 2 atom stereocenters. The second-order valence-electron chi connectivity index (χ2n) is 7.02. The summed E-state index contributed by atoms with van der Waals surface area (Å²) in [6.07, 6.45) is -0.495. The van der Waals surface area contributed by atoms with Crippen molar-refractivity contribution in [1.29, 1.82) is 0 Å². The van der Waals surface area contributed by atoms with Crippen molar-refractivity contribution in [2.45, 2.75) is 52.3 Å². The van der Waals surface area contributed by atoms with Gasteiger partial charge in [0.15, 0.2) is 0 Å². The van der Waals surface area contributed by atoms with E-state index in [2.05, 4.69) is 0 Å². The molecule has 1 amide bonds. The highest BCUT2D eigenvalue weighted by Gasteiger charge is 2.35. The summed E-state index contributed by atoms with van der Waals surface area (Å²) in [7, 11) is 0. The van der Waals surface area contributed by atoms with Gasteiger partial charge in [0.05, 0.1) is 7.06 Å². The van der Waals surface area contributed by atoms with Crippen LogP contribution >= 0.6 is 11.8 Å². The molecule has 1 aliphatic heterocycles. The van der Waals surface area contributed by atoms with E-state index < -0.39 is 30.3 Å². The minimum atomic E-state index is -2.33. The number of fused-ring (bicyclic) bond motifs is 1. The van der Waals surface area contributed by atoms with Crippen molar-refractivity contribution >= 4 is 23.6 Å². The van der Waals surface area contributed by atoms with Gasteiger partial charge in [0.25, 0.3) is 11.1 Å². The summed E-state index contributed by atoms with van der Waals surface area (Å²) in [5.74, 6) is -2.46. The van der Waals surface area contributed by atoms with Crippen molar-refractivity contribution in [1.82, 2.24) is 13.9 Å². The first-order chi connectivity index (χ1) is 14.3. The zero-order chi connectivity index (χ0) is 23.5. The van der Waals surface area contributed by atoms with Gasteiger partial charge < -0.3 is 10.0 Å². The second kappa shape index (κ2) is 7.62. The molecule has 9 heteroatoms. The van der Waals surface area contributed by atoms with E-state index in [4.69, 9.17) is 4.11 Å². The van der Waals surface area contributed by atoms with Crippen molar-refractivity contribution < 1.29 is 18.8 Å². The van der Waals surface area contributed by atoms with E-state index in [1.54, 1.807) is 32.2 Å². The number of carbonyl (C=O) groups excluding carboxylic acids is 1. The van der Waals surface area contributed by atoms with Gasteiger partial charge >= 0.3 is 5.97 Å². The Labute approximate surface area is 170 Å². The molecule has 0 spiro atoms. The molecular formula is C19H25N3O5S. The number of hydrogen-bond donors (Lipinski definition) is 1. The van der Waals surface area contributed by atoms with Gasteiger partial charge in [0, 0.05) is 43.5 Å². The summed E-state index contributed by atoms with van der Waals surface area (Å²) in [4.78, 5) is 49.8. The van der Waals surface area contributed by atoms with Crippen LogP contribution in [0.2, 0.25) is 0 Å². The molecule has 152 valence electrons. The molecule has 3 heterocycles. The van der Waals surface area contributed by atoms with Crippen molar-refractivity contribution in [3.8, 4) is 0 Å². The first-order valence-electron chi connectivity index (χ1n) is 10.5. The number of nitrogens with zero attached hydrogens (tertiary/aromatic N) is 3. The summed E-state index contributed by atoms with van der Waals surface area (Å²) < 4.78 is 26.8. The second-order valence-corrected chi connectivity index (χ2v) is 8.05. The minimum absolute atomic E-state index is 0.216. The van der Waals surface area contributed by atoms with E-state index in [1.807, 2.05) is 0 Å². The maximum absolute atomic E-state index is 12.9. The monoisotopic (exact) mass is 410 g/mol. The number of carboxylic acids is 1. The highest BCUT2D eigenvalue weighted by atomic mass is 32.2. The maximum Gasteiger partial charge on any atom is 0.326 e. The van der Waals surface area contributed by atoms with E-state index in [1.165, 1.54) is 11.8 Å². The fourth-order valence-corrected chi connectivity index (χ4v) is 4.51. The molecule has 1 saturated heterocycles. The van der Waals surface area contributed by atoms with Gasteiger partial charge in [-0.05, 0) is 33.6 Å². The molecule has 1 fully saturated rings. The van der Waals surface area contributed by atoms with Gasteiger partial charge in [-0.2, -0.15) is 16.3 Å². The van der Waals surface area contributed by atoms with Crippen LogP contribution in [0.1, 0.15) is 46.4 Å². The lowest BCUT2D eigenvalue weighted by Gasteiger charge is -2.24. The number of aliphatic carboxylic acids is 1. The Bertz CT molecular complexity index is 1180. The molecular weight excluding hydrogens is 382 g/mol. The minimum Gasteiger partial charge on any atom is -0.480 e. The Balaban J connectivity index is 1.79. The molecule has 0 aliphatic carbocycles. The molecule has 28 heavy (non-hydrogen) atoms. The largest absolute Gasteiger partial charge is 0.480 e. The lowest BCUT2D eigenvalue weighted by atomic mass is 10.1. The number of rotatable bonds is 6. The predicted molar refractivity (Wildman–Crippen MR) is 106 cm³/mol. The van der Waals surface area contributed by atoms with Gasteiger partial charge in [-0.15, -0.1) is 0 Å². The van der Waals surface area contributed by atoms with E-state index >= 15 is 0 Å². The topological polar surface area (TPSA) is 101 Å². The number of amides is 1.